The number of nitrogens with one attached hydrogen (secondary N) is 1. The first-order chi connectivity index (χ1) is 7.94. The van der Waals surface area contributed by atoms with Crippen LogP contribution in [0.2, 0.25) is 0 Å². The number of aryl methyl sites for hydroxylation is 2. The second kappa shape index (κ2) is 5.84. The van der Waals surface area contributed by atoms with Crippen LogP contribution in [0.25, 0.3) is 0 Å². The maximum Gasteiger partial charge on any atom is 0.389 e. The quantitative estimate of drug-likeness (QED) is 0.869. The molecule has 0 saturated heterocycles. The molecule has 0 unspecified atom stereocenters. The lowest BCUT2D eigenvalue weighted by Crippen LogP contribution is -2.11. The largest absolute Gasteiger partial charge is 0.389 e. The van der Waals surface area contributed by atoms with E-state index in [1.807, 2.05) is 6.92 Å². The highest BCUT2D eigenvalue weighted by Crippen LogP contribution is 2.21. The first-order valence-electron chi connectivity index (χ1n) is 5.56. The van der Waals surface area contributed by atoms with Crippen LogP contribution in [-0.2, 0) is 12.8 Å². The fraction of sp³-hybridized carbons (Fsp3) is 0.636. The molecule has 0 aliphatic heterocycles. The third-order valence-electron chi connectivity index (χ3n) is 2.22. The number of rotatable bonds is 5. The summed E-state index contributed by atoms with van der Waals surface area (Å²) in [7, 11) is 1.69. The minimum atomic E-state index is -4.16. The van der Waals surface area contributed by atoms with Crippen LogP contribution in [0.15, 0.2) is 6.07 Å². The van der Waals surface area contributed by atoms with Crippen LogP contribution in [0.1, 0.15) is 31.3 Å². The summed E-state index contributed by atoms with van der Waals surface area (Å²) < 4.78 is 36.3. The zero-order valence-corrected chi connectivity index (χ0v) is 9.93. The lowest BCUT2D eigenvalue weighted by atomic mass is 10.2. The molecule has 96 valence electrons. The minimum Gasteiger partial charge on any atom is -0.373 e. The van der Waals surface area contributed by atoms with Crippen molar-refractivity contribution in [3.05, 3.63) is 17.6 Å². The zero-order valence-electron chi connectivity index (χ0n) is 9.93. The molecular weight excluding hydrogens is 231 g/mol. The molecule has 1 rings (SSSR count). The molecule has 0 saturated carbocycles. The van der Waals surface area contributed by atoms with Crippen LogP contribution in [0.5, 0.6) is 0 Å². The molecule has 1 aromatic heterocycles. The summed E-state index contributed by atoms with van der Waals surface area (Å²) in [6, 6.07) is 1.76. The molecule has 0 aromatic carbocycles. The molecule has 17 heavy (non-hydrogen) atoms. The second-order valence-electron chi connectivity index (χ2n) is 3.78. The van der Waals surface area contributed by atoms with E-state index >= 15 is 0 Å². The Labute approximate surface area is 98.5 Å². The lowest BCUT2D eigenvalue weighted by Gasteiger charge is -2.08. The van der Waals surface area contributed by atoms with Gasteiger partial charge < -0.3 is 5.32 Å². The molecule has 0 spiro atoms. The van der Waals surface area contributed by atoms with Crippen molar-refractivity contribution in [2.75, 3.05) is 12.4 Å². The molecule has 0 radical (unpaired) electrons. The van der Waals surface area contributed by atoms with Gasteiger partial charge in [-0.25, -0.2) is 9.97 Å². The molecule has 1 heterocycles. The van der Waals surface area contributed by atoms with Crippen LogP contribution in [0.4, 0.5) is 19.0 Å². The lowest BCUT2D eigenvalue weighted by molar-refractivity contribution is -0.134. The molecule has 0 aliphatic carbocycles. The van der Waals surface area contributed by atoms with E-state index in [2.05, 4.69) is 15.3 Å². The average Bonchev–Trinajstić information content (AvgIpc) is 2.25. The number of aromatic nitrogens is 2. The Bertz CT molecular complexity index is 363. The first-order valence-corrected chi connectivity index (χ1v) is 5.56. The fourth-order valence-electron chi connectivity index (χ4n) is 1.43. The molecular formula is C11H16F3N3. The van der Waals surface area contributed by atoms with Gasteiger partial charge in [0.05, 0.1) is 6.42 Å². The molecule has 3 nitrogen and oxygen atoms in total. The monoisotopic (exact) mass is 247 g/mol. The van der Waals surface area contributed by atoms with Crippen molar-refractivity contribution in [2.24, 2.45) is 0 Å². The van der Waals surface area contributed by atoms with Crippen molar-refractivity contribution in [3.8, 4) is 0 Å². The van der Waals surface area contributed by atoms with Gasteiger partial charge in [-0.2, -0.15) is 13.2 Å². The summed E-state index contributed by atoms with van der Waals surface area (Å²) in [5, 5.41) is 2.83. The molecule has 0 atom stereocenters. The summed E-state index contributed by atoms with van der Waals surface area (Å²) in [5.74, 6) is 0.818. The van der Waals surface area contributed by atoms with Gasteiger partial charge in [0.25, 0.3) is 0 Å². The van der Waals surface area contributed by atoms with Gasteiger partial charge in [0.15, 0.2) is 0 Å². The van der Waals surface area contributed by atoms with Crippen LogP contribution < -0.4 is 5.32 Å². The summed E-state index contributed by atoms with van der Waals surface area (Å²) in [5.41, 5.74) is 0.782. The van der Waals surface area contributed by atoms with E-state index in [0.29, 0.717) is 5.82 Å². The Morgan fingerprint density at radius 2 is 1.94 bits per heavy atom. The Morgan fingerprint density at radius 3 is 2.47 bits per heavy atom. The number of anilines is 1. The van der Waals surface area contributed by atoms with Crippen molar-refractivity contribution in [2.45, 2.75) is 38.8 Å². The predicted molar refractivity (Wildman–Crippen MR) is 59.9 cm³/mol. The van der Waals surface area contributed by atoms with Gasteiger partial charge in [-0.15, -0.1) is 0 Å². The van der Waals surface area contributed by atoms with Crippen molar-refractivity contribution in [3.63, 3.8) is 0 Å². The standard InChI is InChI=1S/C11H16F3N3/c1-3-4-8-7-10(15-2)17-9(16-8)5-6-11(12,13)14/h7H,3-6H2,1-2H3,(H,15,16,17). The SMILES string of the molecule is CCCc1cc(NC)nc(CCC(F)(F)F)n1. The van der Waals surface area contributed by atoms with Crippen LogP contribution in [-0.4, -0.2) is 23.2 Å². The van der Waals surface area contributed by atoms with Crippen LogP contribution >= 0.6 is 0 Å². The van der Waals surface area contributed by atoms with Gasteiger partial charge in [-0.1, -0.05) is 13.3 Å². The highest BCUT2D eigenvalue weighted by molar-refractivity contribution is 5.35. The van der Waals surface area contributed by atoms with Gasteiger partial charge in [0.2, 0.25) is 0 Å². The molecule has 1 aromatic rings. The topological polar surface area (TPSA) is 37.8 Å². The van der Waals surface area contributed by atoms with Gasteiger partial charge in [-0.3, -0.25) is 0 Å². The van der Waals surface area contributed by atoms with Gasteiger partial charge in [0.1, 0.15) is 11.6 Å². The second-order valence-corrected chi connectivity index (χ2v) is 3.78. The number of alkyl halides is 3. The Morgan fingerprint density at radius 1 is 1.24 bits per heavy atom. The highest BCUT2D eigenvalue weighted by atomic mass is 19.4. The van der Waals surface area contributed by atoms with Crippen LogP contribution in [0, 0.1) is 0 Å². The number of halogens is 3. The van der Waals surface area contributed by atoms with E-state index in [4.69, 9.17) is 0 Å². The fourth-order valence-corrected chi connectivity index (χ4v) is 1.43. The molecule has 6 heteroatoms. The highest BCUT2D eigenvalue weighted by Gasteiger charge is 2.27. The van der Waals surface area contributed by atoms with Crippen molar-refractivity contribution >= 4 is 5.82 Å². The molecule has 0 fully saturated rings. The van der Waals surface area contributed by atoms with E-state index in [9.17, 15) is 13.2 Å². The zero-order chi connectivity index (χ0) is 12.9. The maximum atomic E-state index is 12.1. The smallest absolute Gasteiger partial charge is 0.373 e. The summed E-state index contributed by atoms with van der Waals surface area (Å²) in [6.45, 7) is 2.00. The van der Waals surface area contributed by atoms with Gasteiger partial charge in [-0.05, 0) is 6.42 Å². The van der Waals surface area contributed by atoms with Crippen molar-refractivity contribution in [1.82, 2.24) is 9.97 Å². The van der Waals surface area contributed by atoms with Crippen molar-refractivity contribution in [1.29, 1.82) is 0 Å². The molecule has 0 bridgehead atoms. The van der Waals surface area contributed by atoms with Gasteiger partial charge >= 0.3 is 6.18 Å². The Kier molecular flexibility index (Phi) is 4.72. The van der Waals surface area contributed by atoms with E-state index in [1.165, 1.54) is 0 Å². The van der Waals surface area contributed by atoms with E-state index < -0.39 is 12.6 Å². The number of hydrogen-bond acceptors (Lipinski definition) is 3. The Hall–Kier alpha value is -1.33. The van der Waals surface area contributed by atoms with Crippen LogP contribution in [0.3, 0.4) is 0 Å². The average molecular weight is 247 g/mol. The third kappa shape index (κ3) is 5.01. The number of nitrogens with zero attached hydrogens (tertiary/aromatic N) is 2. The molecule has 0 amide bonds. The van der Waals surface area contributed by atoms with Gasteiger partial charge in [0, 0.05) is 25.2 Å². The Balaban J connectivity index is 2.79. The minimum absolute atomic E-state index is 0.171. The summed E-state index contributed by atoms with van der Waals surface area (Å²) in [4.78, 5) is 8.14. The molecule has 1 N–H and O–H groups in total. The van der Waals surface area contributed by atoms with E-state index in [-0.39, 0.29) is 12.2 Å². The number of hydrogen-bond donors (Lipinski definition) is 1. The predicted octanol–water partition coefficient (Wildman–Crippen LogP) is 2.97. The molecule has 0 aliphatic rings. The maximum absolute atomic E-state index is 12.1. The summed E-state index contributed by atoms with van der Waals surface area (Å²) >= 11 is 0. The third-order valence-corrected chi connectivity index (χ3v) is 2.22. The normalized spacial score (nSPS) is 11.6. The van der Waals surface area contributed by atoms with E-state index in [0.717, 1.165) is 18.5 Å². The summed E-state index contributed by atoms with van der Waals surface area (Å²) in [6.07, 6.45) is -3.57. The van der Waals surface area contributed by atoms with E-state index in [1.54, 1.807) is 13.1 Å². The van der Waals surface area contributed by atoms with Crippen molar-refractivity contribution < 1.29 is 13.2 Å². The first kappa shape index (κ1) is 13.7.